The van der Waals surface area contributed by atoms with Crippen LogP contribution in [0, 0.1) is 0 Å². The Morgan fingerprint density at radius 1 is 1.17 bits per heavy atom. The zero-order chi connectivity index (χ0) is 20.2. The van der Waals surface area contributed by atoms with Crippen LogP contribution in [0.4, 0.5) is 0 Å². The highest BCUT2D eigenvalue weighted by Crippen LogP contribution is 2.26. The fourth-order valence-electron chi connectivity index (χ4n) is 3.57. The second kappa shape index (κ2) is 8.78. The number of nitrogens with two attached hydrogens (primary N) is 1. The molecule has 0 atom stereocenters. The molecule has 2 aromatic heterocycles. The molecule has 6 nitrogen and oxygen atoms in total. The molecule has 2 heterocycles. The Kier molecular flexibility index (Phi) is 5.94. The number of aromatic nitrogens is 3. The Morgan fingerprint density at radius 2 is 2.00 bits per heavy atom. The van der Waals surface area contributed by atoms with Gasteiger partial charge in [-0.25, -0.2) is 0 Å². The van der Waals surface area contributed by atoms with Crippen LogP contribution < -0.4 is 11.3 Å². The lowest BCUT2D eigenvalue weighted by molar-refractivity contribution is 0.123. The standard InChI is InChI=1S/C22H23ClN4O2/c23-16-7-8-19-17(13-16)21-20(22(28)27(19)11-4-10-24)18(25-26-21)9-12-29-14-15-5-2-1-3-6-15/h1-3,5-8,13H,4,9-12,14,24H2,(H,25,26). The molecule has 0 saturated heterocycles. The van der Waals surface area contributed by atoms with Gasteiger partial charge in [0.1, 0.15) is 5.52 Å². The van der Waals surface area contributed by atoms with E-state index >= 15 is 0 Å². The molecule has 0 amide bonds. The van der Waals surface area contributed by atoms with E-state index in [2.05, 4.69) is 10.2 Å². The Morgan fingerprint density at radius 3 is 2.79 bits per heavy atom. The molecule has 0 aliphatic carbocycles. The summed E-state index contributed by atoms with van der Waals surface area (Å²) in [7, 11) is 0. The van der Waals surface area contributed by atoms with Gasteiger partial charge in [0.15, 0.2) is 0 Å². The van der Waals surface area contributed by atoms with E-state index in [0.29, 0.717) is 48.6 Å². The van der Waals surface area contributed by atoms with Gasteiger partial charge in [-0.3, -0.25) is 9.89 Å². The van der Waals surface area contributed by atoms with Gasteiger partial charge in [-0.05, 0) is 36.7 Å². The SMILES string of the molecule is NCCCn1c(=O)c2c(CCOCc3ccccc3)[nH]nc2c2cc(Cl)ccc21. The normalized spacial score (nSPS) is 11.5. The maximum absolute atomic E-state index is 13.3. The van der Waals surface area contributed by atoms with Gasteiger partial charge < -0.3 is 15.0 Å². The van der Waals surface area contributed by atoms with Crippen molar-refractivity contribution in [2.75, 3.05) is 13.2 Å². The zero-order valence-corrected chi connectivity index (χ0v) is 16.8. The van der Waals surface area contributed by atoms with Gasteiger partial charge in [0.2, 0.25) is 0 Å². The first-order valence-corrected chi connectivity index (χ1v) is 10.1. The molecule has 0 unspecified atom stereocenters. The van der Waals surface area contributed by atoms with Gasteiger partial charge in [-0.2, -0.15) is 5.10 Å². The average Bonchev–Trinajstić information content (AvgIpc) is 3.17. The molecule has 4 aromatic rings. The number of hydrogen-bond acceptors (Lipinski definition) is 4. The number of fused-ring (bicyclic) bond motifs is 3. The van der Waals surface area contributed by atoms with Gasteiger partial charge in [-0.1, -0.05) is 41.9 Å². The highest BCUT2D eigenvalue weighted by molar-refractivity contribution is 6.31. The van der Waals surface area contributed by atoms with Crippen LogP contribution >= 0.6 is 11.6 Å². The van der Waals surface area contributed by atoms with Crippen molar-refractivity contribution >= 4 is 33.4 Å². The lowest BCUT2D eigenvalue weighted by Crippen LogP contribution is -2.23. The Bertz CT molecular complexity index is 1180. The number of benzene rings is 2. The molecule has 2 aromatic carbocycles. The maximum Gasteiger partial charge on any atom is 0.262 e. The summed E-state index contributed by atoms with van der Waals surface area (Å²) in [6, 6.07) is 15.5. The van der Waals surface area contributed by atoms with Gasteiger partial charge in [-0.15, -0.1) is 0 Å². The van der Waals surface area contributed by atoms with Crippen LogP contribution in [0.5, 0.6) is 0 Å². The molecular weight excluding hydrogens is 388 g/mol. The van der Waals surface area contributed by atoms with Gasteiger partial charge in [0.25, 0.3) is 5.56 Å². The fraction of sp³-hybridized carbons (Fsp3) is 0.273. The molecule has 150 valence electrons. The summed E-state index contributed by atoms with van der Waals surface area (Å²) in [5.41, 5.74) is 8.98. The number of nitrogens with zero attached hydrogens (tertiary/aromatic N) is 2. The number of H-pyrrole nitrogens is 1. The monoisotopic (exact) mass is 410 g/mol. The van der Waals surface area contributed by atoms with E-state index in [1.807, 2.05) is 42.5 Å². The van der Waals surface area contributed by atoms with E-state index in [9.17, 15) is 4.79 Å². The molecule has 0 spiro atoms. The fourth-order valence-corrected chi connectivity index (χ4v) is 3.74. The van der Waals surface area contributed by atoms with Gasteiger partial charge in [0.05, 0.1) is 29.8 Å². The molecule has 0 fully saturated rings. The predicted molar refractivity (Wildman–Crippen MR) is 116 cm³/mol. The number of aryl methyl sites for hydroxylation is 1. The Labute approximate surface area is 173 Å². The molecular formula is C22H23ClN4O2. The third-order valence-electron chi connectivity index (χ3n) is 5.00. The second-order valence-corrected chi connectivity index (χ2v) is 7.41. The third-order valence-corrected chi connectivity index (χ3v) is 5.23. The highest BCUT2D eigenvalue weighted by Gasteiger charge is 2.17. The first-order valence-electron chi connectivity index (χ1n) is 9.70. The Hall–Kier alpha value is -2.67. The molecule has 29 heavy (non-hydrogen) atoms. The van der Waals surface area contributed by atoms with Crippen LogP contribution in [0.15, 0.2) is 53.3 Å². The maximum atomic E-state index is 13.3. The van der Waals surface area contributed by atoms with E-state index in [-0.39, 0.29) is 5.56 Å². The van der Waals surface area contributed by atoms with Crippen molar-refractivity contribution in [2.45, 2.75) is 26.0 Å². The van der Waals surface area contributed by atoms with Crippen molar-refractivity contribution in [1.82, 2.24) is 14.8 Å². The largest absolute Gasteiger partial charge is 0.376 e. The predicted octanol–water partition coefficient (Wildman–Crippen LogP) is 3.64. The van der Waals surface area contributed by atoms with Crippen LogP contribution in [0.3, 0.4) is 0 Å². The minimum atomic E-state index is -0.0601. The van der Waals surface area contributed by atoms with Crippen LogP contribution in [-0.4, -0.2) is 27.9 Å². The summed E-state index contributed by atoms with van der Waals surface area (Å²) >= 11 is 6.22. The molecule has 0 aliphatic rings. The number of pyridine rings is 1. The molecule has 3 N–H and O–H groups in total. The van der Waals surface area contributed by atoms with E-state index in [0.717, 1.165) is 28.6 Å². The molecule has 4 rings (SSSR count). The van der Waals surface area contributed by atoms with Gasteiger partial charge >= 0.3 is 0 Å². The number of aromatic amines is 1. The first-order chi connectivity index (χ1) is 14.2. The number of ether oxygens (including phenoxy) is 1. The smallest absolute Gasteiger partial charge is 0.262 e. The molecule has 7 heteroatoms. The van der Waals surface area contributed by atoms with Crippen molar-refractivity contribution in [1.29, 1.82) is 0 Å². The lowest BCUT2D eigenvalue weighted by atomic mass is 10.1. The number of nitrogens with one attached hydrogen (secondary N) is 1. The second-order valence-electron chi connectivity index (χ2n) is 6.97. The zero-order valence-electron chi connectivity index (χ0n) is 16.0. The highest BCUT2D eigenvalue weighted by atomic mass is 35.5. The average molecular weight is 411 g/mol. The van der Waals surface area contributed by atoms with Crippen molar-refractivity contribution in [3.63, 3.8) is 0 Å². The summed E-state index contributed by atoms with van der Waals surface area (Å²) in [6.45, 7) is 2.10. The minimum absolute atomic E-state index is 0.0601. The van der Waals surface area contributed by atoms with Gasteiger partial charge in [0, 0.05) is 23.4 Å². The van der Waals surface area contributed by atoms with Crippen molar-refractivity contribution in [3.05, 3.63) is 75.2 Å². The van der Waals surface area contributed by atoms with E-state index in [1.54, 1.807) is 10.6 Å². The van der Waals surface area contributed by atoms with E-state index in [4.69, 9.17) is 22.1 Å². The summed E-state index contributed by atoms with van der Waals surface area (Å²) in [5.74, 6) is 0. The summed E-state index contributed by atoms with van der Waals surface area (Å²) in [4.78, 5) is 13.3. The van der Waals surface area contributed by atoms with Crippen molar-refractivity contribution in [3.8, 4) is 0 Å². The van der Waals surface area contributed by atoms with Crippen molar-refractivity contribution in [2.24, 2.45) is 5.73 Å². The first kappa shape index (κ1) is 19.6. The van der Waals surface area contributed by atoms with Crippen molar-refractivity contribution < 1.29 is 4.74 Å². The molecule has 0 saturated carbocycles. The third kappa shape index (κ3) is 4.05. The topological polar surface area (TPSA) is 85.9 Å². The van der Waals surface area contributed by atoms with Crippen LogP contribution in [-0.2, 0) is 24.3 Å². The number of hydrogen-bond donors (Lipinski definition) is 2. The van der Waals surface area contributed by atoms with Crippen LogP contribution in [0.25, 0.3) is 21.8 Å². The summed E-state index contributed by atoms with van der Waals surface area (Å²) in [6.07, 6.45) is 1.29. The molecule has 0 bridgehead atoms. The lowest BCUT2D eigenvalue weighted by Gasteiger charge is -2.11. The quantitative estimate of drug-likeness (QED) is 0.434. The molecule has 0 aliphatic heterocycles. The summed E-state index contributed by atoms with van der Waals surface area (Å²) < 4.78 is 7.56. The summed E-state index contributed by atoms with van der Waals surface area (Å²) in [5, 5.41) is 9.53. The van der Waals surface area contributed by atoms with Crippen LogP contribution in [0.2, 0.25) is 5.02 Å². The number of rotatable bonds is 8. The molecule has 0 radical (unpaired) electrons. The number of halogens is 1. The van der Waals surface area contributed by atoms with E-state index < -0.39 is 0 Å². The minimum Gasteiger partial charge on any atom is -0.376 e. The van der Waals surface area contributed by atoms with E-state index in [1.165, 1.54) is 0 Å². The Balaban J connectivity index is 1.66. The van der Waals surface area contributed by atoms with Crippen LogP contribution in [0.1, 0.15) is 17.7 Å².